The molecule has 1 aromatic rings. The highest BCUT2D eigenvalue weighted by Crippen LogP contribution is 2.16. The van der Waals surface area contributed by atoms with Gasteiger partial charge in [-0.2, -0.15) is 0 Å². The number of hydrogen-bond donors (Lipinski definition) is 1. The van der Waals surface area contributed by atoms with Crippen LogP contribution < -0.4 is 10.1 Å². The number of esters is 1. The van der Waals surface area contributed by atoms with Crippen LogP contribution in [0, 0.1) is 0 Å². The molecule has 1 aromatic carbocycles. The Morgan fingerprint density at radius 1 is 1.25 bits per heavy atom. The molecule has 0 amide bonds. The van der Waals surface area contributed by atoms with Crippen molar-refractivity contribution in [1.82, 2.24) is 0 Å². The summed E-state index contributed by atoms with van der Waals surface area (Å²) in [5.41, 5.74) is 0.987. The van der Waals surface area contributed by atoms with Crippen molar-refractivity contribution < 1.29 is 19.0 Å². The number of hydrogen-bond acceptors (Lipinski definition) is 5. The zero-order valence-electron chi connectivity index (χ0n) is 12.3. The normalized spacial score (nSPS) is 10.4. The minimum Gasteiger partial charge on any atom is -0.491 e. The molecular formula is C15H23NO4. The zero-order chi connectivity index (χ0) is 14.8. The molecule has 0 spiro atoms. The van der Waals surface area contributed by atoms with Gasteiger partial charge in [-0.15, -0.1) is 0 Å². The number of anilines is 1. The smallest absolute Gasteiger partial charge is 0.332 e. The lowest BCUT2D eigenvalue weighted by Crippen LogP contribution is -2.16. The van der Waals surface area contributed by atoms with Crippen LogP contribution in [0.2, 0.25) is 0 Å². The fraction of sp³-hybridized carbons (Fsp3) is 0.533. The second kappa shape index (κ2) is 9.20. The first-order valence-corrected chi connectivity index (χ1v) is 6.85. The molecule has 0 aromatic heterocycles. The molecule has 0 radical (unpaired) electrons. The highest BCUT2D eigenvalue weighted by Gasteiger charge is 2.01. The third-order valence-corrected chi connectivity index (χ3v) is 2.33. The molecule has 1 N–H and O–H groups in total. The van der Waals surface area contributed by atoms with Crippen LogP contribution in [0.1, 0.15) is 20.8 Å². The van der Waals surface area contributed by atoms with Crippen LogP contribution in [0.5, 0.6) is 5.75 Å². The minimum absolute atomic E-state index is 0.00329. The Balaban J connectivity index is 2.17. The van der Waals surface area contributed by atoms with E-state index in [4.69, 9.17) is 14.2 Å². The molecule has 5 nitrogen and oxygen atoms in total. The summed E-state index contributed by atoms with van der Waals surface area (Å²) < 4.78 is 15.5. The van der Waals surface area contributed by atoms with E-state index in [9.17, 15) is 4.79 Å². The molecule has 0 heterocycles. The Labute approximate surface area is 120 Å². The summed E-state index contributed by atoms with van der Waals surface area (Å²) in [6.45, 7) is 7.21. The molecule has 0 aliphatic carbocycles. The Kier molecular flexibility index (Phi) is 7.50. The number of nitrogens with one attached hydrogen (secondary N) is 1. The molecule has 0 fully saturated rings. The zero-order valence-corrected chi connectivity index (χ0v) is 12.3. The van der Waals surface area contributed by atoms with Crippen molar-refractivity contribution in [3.63, 3.8) is 0 Å². The Hall–Kier alpha value is -1.75. The van der Waals surface area contributed by atoms with Crippen molar-refractivity contribution in [3.8, 4) is 5.75 Å². The third-order valence-electron chi connectivity index (χ3n) is 2.33. The summed E-state index contributed by atoms with van der Waals surface area (Å²) in [7, 11) is 0. The summed E-state index contributed by atoms with van der Waals surface area (Å²) in [6.07, 6.45) is 0.171. The fourth-order valence-corrected chi connectivity index (χ4v) is 1.55. The molecule has 112 valence electrons. The van der Waals surface area contributed by atoms with Crippen LogP contribution in [-0.4, -0.2) is 38.4 Å². The summed E-state index contributed by atoms with van der Waals surface area (Å²) in [6, 6.07) is 7.73. The van der Waals surface area contributed by atoms with E-state index in [2.05, 4.69) is 5.32 Å². The molecule has 0 atom stereocenters. The molecule has 0 unspecified atom stereocenters. The van der Waals surface area contributed by atoms with Crippen LogP contribution in [0.3, 0.4) is 0 Å². The summed E-state index contributed by atoms with van der Waals surface area (Å²) in [5.74, 6) is 0.520. The van der Waals surface area contributed by atoms with E-state index in [1.165, 1.54) is 0 Å². The third kappa shape index (κ3) is 6.99. The van der Waals surface area contributed by atoms with Crippen LogP contribution in [0.4, 0.5) is 5.69 Å². The summed E-state index contributed by atoms with van der Waals surface area (Å²) >= 11 is 0. The van der Waals surface area contributed by atoms with Crippen molar-refractivity contribution in [1.29, 1.82) is 0 Å². The van der Waals surface area contributed by atoms with E-state index in [0.717, 1.165) is 11.4 Å². The van der Waals surface area contributed by atoms with Gasteiger partial charge in [0.05, 0.1) is 19.3 Å². The highest BCUT2D eigenvalue weighted by molar-refractivity contribution is 5.70. The van der Waals surface area contributed by atoms with Gasteiger partial charge in [0.1, 0.15) is 12.4 Å². The van der Waals surface area contributed by atoms with Crippen LogP contribution >= 0.6 is 0 Å². The summed E-state index contributed by atoms with van der Waals surface area (Å²) in [4.78, 5) is 11.0. The maximum absolute atomic E-state index is 11.0. The molecule has 1 rings (SSSR count). The number of carbonyl (C=O) groups excluding carboxylic acids is 1. The van der Waals surface area contributed by atoms with Gasteiger partial charge in [-0.25, -0.2) is 4.79 Å². The number of rotatable bonds is 9. The van der Waals surface area contributed by atoms with Gasteiger partial charge in [0, 0.05) is 12.2 Å². The lowest BCUT2D eigenvalue weighted by molar-refractivity contribution is -0.148. The Bertz CT molecular complexity index is 389. The van der Waals surface area contributed by atoms with E-state index < -0.39 is 0 Å². The Morgan fingerprint density at radius 2 is 1.95 bits per heavy atom. The van der Waals surface area contributed by atoms with Gasteiger partial charge in [0.15, 0.2) is 0 Å². The SMILES string of the molecule is CCOC(=O)COCCNc1ccc(OC(C)C)cc1. The van der Waals surface area contributed by atoms with Crippen LogP contribution in [0.15, 0.2) is 24.3 Å². The number of ether oxygens (including phenoxy) is 3. The van der Waals surface area contributed by atoms with Gasteiger partial charge in [-0.1, -0.05) is 0 Å². The van der Waals surface area contributed by atoms with Crippen LogP contribution in [-0.2, 0) is 14.3 Å². The molecule has 0 aliphatic heterocycles. The van der Waals surface area contributed by atoms with Gasteiger partial charge in [0.25, 0.3) is 0 Å². The van der Waals surface area contributed by atoms with Gasteiger partial charge in [-0.3, -0.25) is 0 Å². The molecule has 0 bridgehead atoms. The second-order valence-electron chi connectivity index (χ2n) is 4.48. The van der Waals surface area contributed by atoms with Crippen molar-refractivity contribution in [2.24, 2.45) is 0 Å². The summed E-state index contributed by atoms with van der Waals surface area (Å²) in [5, 5.41) is 3.20. The van der Waals surface area contributed by atoms with E-state index in [0.29, 0.717) is 19.8 Å². The maximum atomic E-state index is 11.0. The highest BCUT2D eigenvalue weighted by atomic mass is 16.6. The van der Waals surface area contributed by atoms with E-state index in [1.54, 1.807) is 6.92 Å². The van der Waals surface area contributed by atoms with Crippen molar-refractivity contribution in [2.75, 3.05) is 31.7 Å². The molecule has 0 saturated carbocycles. The van der Waals surface area contributed by atoms with E-state index in [1.807, 2.05) is 38.1 Å². The largest absolute Gasteiger partial charge is 0.491 e. The number of carbonyl (C=O) groups is 1. The van der Waals surface area contributed by atoms with Crippen LogP contribution in [0.25, 0.3) is 0 Å². The second-order valence-corrected chi connectivity index (χ2v) is 4.48. The van der Waals surface area contributed by atoms with Gasteiger partial charge in [0.2, 0.25) is 0 Å². The fourth-order valence-electron chi connectivity index (χ4n) is 1.55. The van der Waals surface area contributed by atoms with Crippen molar-refractivity contribution >= 4 is 11.7 Å². The monoisotopic (exact) mass is 281 g/mol. The first kappa shape index (κ1) is 16.3. The van der Waals surface area contributed by atoms with Crippen molar-refractivity contribution in [2.45, 2.75) is 26.9 Å². The van der Waals surface area contributed by atoms with Gasteiger partial charge in [-0.05, 0) is 45.0 Å². The lowest BCUT2D eigenvalue weighted by atomic mass is 10.3. The average Bonchev–Trinajstić information content (AvgIpc) is 2.40. The molecule has 20 heavy (non-hydrogen) atoms. The first-order valence-electron chi connectivity index (χ1n) is 6.85. The molecule has 0 aliphatic rings. The standard InChI is InChI=1S/C15H23NO4/c1-4-19-15(17)11-18-10-9-16-13-5-7-14(8-6-13)20-12(2)3/h5-8,12,16H,4,9-11H2,1-3H3. The lowest BCUT2D eigenvalue weighted by Gasteiger charge is -2.11. The minimum atomic E-state index is -0.331. The molecule has 5 heteroatoms. The molecular weight excluding hydrogens is 258 g/mol. The average molecular weight is 281 g/mol. The van der Waals surface area contributed by atoms with Gasteiger partial charge < -0.3 is 19.5 Å². The van der Waals surface area contributed by atoms with Crippen molar-refractivity contribution in [3.05, 3.63) is 24.3 Å². The topological polar surface area (TPSA) is 56.8 Å². The maximum Gasteiger partial charge on any atom is 0.332 e. The van der Waals surface area contributed by atoms with E-state index >= 15 is 0 Å². The number of benzene rings is 1. The van der Waals surface area contributed by atoms with E-state index in [-0.39, 0.29) is 18.7 Å². The first-order chi connectivity index (χ1) is 9.61. The molecule has 0 saturated heterocycles. The Morgan fingerprint density at radius 3 is 2.55 bits per heavy atom. The van der Waals surface area contributed by atoms with Gasteiger partial charge >= 0.3 is 5.97 Å². The predicted molar refractivity (Wildman–Crippen MR) is 78.1 cm³/mol. The predicted octanol–water partition coefficient (Wildman–Crippen LogP) is 2.47. The quantitative estimate of drug-likeness (QED) is 0.556.